The van der Waals surface area contributed by atoms with Crippen LogP contribution in [0, 0.1) is 29.6 Å². The summed E-state index contributed by atoms with van der Waals surface area (Å²) in [4.78, 5) is 4.38. The molecule has 1 saturated carbocycles. The molecule has 2 unspecified atom stereocenters. The van der Waals surface area contributed by atoms with E-state index in [0.29, 0.717) is 11.7 Å². The van der Waals surface area contributed by atoms with E-state index in [1.54, 1.807) is 6.26 Å². The summed E-state index contributed by atoms with van der Waals surface area (Å²) < 4.78 is 10.5. The molecular weight excluding hydrogens is 230 g/mol. The first-order valence-corrected chi connectivity index (χ1v) is 5.83. The van der Waals surface area contributed by atoms with Gasteiger partial charge in [-0.25, -0.2) is 0 Å². The van der Waals surface area contributed by atoms with E-state index in [4.69, 9.17) is 14.2 Å². The highest BCUT2D eigenvalue weighted by molar-refractivity contribution is 5.56. The minimum Gasteiger partial charge on any atom is -0.469 e. The standard InChI is InChI=1S/C13H13N3O2/c1-7-8(4-5-17-7)11-15-12(18-16-11)10-9(6-14)13(10,2)3/h4-5,9-10H,1-3H3. The average molecular weight is 243 g/mol. The van der Waals surface area contributed by atoms with E-state index in [1.807, 2.05) is 26.8 Å². The van der Waals surface area contributed by atoms with Crippen molar-refractivity contribution >= 4 is 0 Å². The Morgan fingerprint density at radius 3 is 2.78 bits per heavy atom. The van der Waals surface area contributed by atoms with Crippen LogP contribution in [-0.2, 0) is 0 Å². The van der Waals surface area contributed by atoms with Gasteiger partial charge in [-0.05, 0) is 18.4 Å². The molecule has 0 amide bonds. The summed E-state index contributed by atoms with van der Waals surface area (Å²) in [5, 5.41) is 13.0. The molecule has 2 aromatic rings. The predicted molar refractivity (Wildman–Crippen MR) is 62.4 cm³/mol. The van der Waals surface area contributed by atoms with E-state index >= 15 is 0 Å². The largest absolute Gasteiger partial charge is 0.469 e. The third kappa shape index (κ3) is 1.39. The number of furan rings is 1. The summed E-state index contributed by atoms with van der Waals surface area (Å²) >= 11 is 0. The van der Waals surface area contributed by atoms with Crippen LogP contribution < -0.4 is 0 Å². The Hall–Kier alpha value is -2.09. The molecule has 18 heavy (non-hydrogen) atoms. The summed E-state index contributed by atoms with van der Waals surface area (Å²) in [6.45, 7) is 5.93. The lowest BCUT2D eigenvalue weighted by molar-refractivity contribution is 0.368. The third-order valence-corrected chi connectivity index (χ3v) is 3.77. The van der Waals surface area contributed by atoms with Gasteiger partial charge < -0.3 is 8.94 Å². The second kappa shape index (κ2) is 3.45. The molecule has 2 heterocycles. The molecule has 0 aliphatic heterocycles. The molecule has 0 N–H and O–H groups in total. The highest BCUT2D eigenvalue weighted by Crippen LogP contribution is 2.63. The van der Waals surface area contributed by atoms with Crippen LogP contribution in [0.25, 0.3) is 11.4 Å². The Kier molecular flexibility index (Phi) is 2.11. The SMILES string of the molecule is Cc1occc1-c1noc(C2C(C#N)C2(C)C)n1. The van der Waals surface area contributed by atoms with E-state index < -0.39 is 0 Å². The minimum atomic E-state index is -0.0794. The lowest BCUT2D eigenvalue weighted by Crippen LogP contribution is -1.90. The second-order valence-electron chi connectivity index (χ2n) is 5.25. The van der Waals surface area contributed by atoms with Crippen molar-refractivity contribution in [2.24, 2.45) is 11.3 Å². The Morgan fingerprint density at radius 1 is 1.44 bits per heavy atom. The first-order chi connectivity index (χ1) is 8.55. The normalized spacial score (nSPS) is 24.8. The molecule has 5 nitrogen and oxygen atoms in total. The van der Waals surface area contributed by atoms with Gasteiger partial charge >= 0.3 is 0 Å². The first-order valence-electron chi connectivity index (χ1n) is 5.83. The Morgan fingerprint density at radius 2 is 2.22 bits per heavy atom. The first kappa shape index (κ1) is 11.0. The fourth-order valence-electron chi connectivity index (χ4n) is 2.43. The van der Waals surface area contributed by atoms with Crippen LogP contribution in [0.4, 0.5) is 0 Å². The highest BCUT2D eigenvalue weighted by Gasteiger charge is 2.62. The van der Waals surface area contributed by atoms with E-state index in [-0.39, 0.29) is 17.3 Å². The zero-order valence-electron chi connectivity index (χ0n) is 10.5. The van der Waals surface area contributed by atoms with E-state index in [0.717, 1.165) is 11.3 Å². The zero-order valence-corrected chi connectivity index (χ0v) is 10.5. The molecule has 5 heteroatoms. The monoisotopic (exact) mass is 243 g/mol. The van der Waals surface area contributed by atoms with Gasteiger partial charge in [0.1, 0.15) is 5.76 Å². The number of nitrogens with zero attached hydrogens (tertiary/aromatic N) is 3. The van der Waals surface area contributed by atoms with Crippen molar-refractivity contribution in [3.05, 3.63) is 24.0 Å². The van der Waals surface area contributed by atoms with Crippen molar-refractivity contribution < 1.29 is 8.94 Å². The molecular formula is C13H13N3O2. The maximum atomic E-state index is 9.05. The summed E-state index contributed by atoms with van der Waals surface area (Å²) in [6.07, 6.45) is 1.60. The molecule has 0 saturated heterocycles. The van der Waals surface area contributed by atoms with E-state index in [2.05, 4.69) is 16.2 Å². The summed E-state index contributed by atoms with van der Waals surface area (Å²) in [5.41, 5.74) is 0.751. The van der Waals surface area contributed by atoms with Crippen LogP contribution in [0.3, 0.4) is 0 Å². The van der Waals surface area contributed by atoms with Gasteiger partial charge in [-0.3, -0.25) is 0 Å². The van der Waals surface area contributed by atoms with Crippen molar-refractivity contribution in [1.82, 2.24) is 10.1 Å². The summed E-state index contributed by atoms with van der Waals surface area (Å²) in [5.74, 6) is 1.82. The van der Waals surface area contributed by atoms with E-state index in [1.165, 1.54) is 0 Å². The van der Waals surface area contributed by atoms with Crippen LogP contribution in [0.5, 0.6) is 0 Å². The van der Waals surface area contributed by atoms with Crippen molar-refractivity contribution in [3.8, 4) is 17.5 Å². The average Bonchev–Trinajstić information content (AvgIpc) is 2.76. The highest BCUT2D eigenvalue weighted by atomic mass is 16.5. The van der Waals surface area contributed by atoms with Crippen LogP contribution >= 0.6 is 0 Å². The molecule has 0 spiro atoms. The molecule has 3 rings (SSSR count). The van der Waals surface area contributed by atoms with E-state index in [9.17, 15) is 0 Å². The summed E-state index contributed by atoms with van der Waals surface area (Å²) in [6, 6.07) is 4.10. The van der Waals surface area contributed by atoms with Crippen LogP contribution in [-0.4, -0.2) is 10.1 Å². The second-order valence-corrected chi connectivity index (χ2v) is 5.25. The summed E-state index contributed by atoms with van der Waals surface area (Å²) in [7, 11) is 0. The molecule has 1 fully saturated rings. The smallest absolute Gasteiger partial charge is 0.232 e. The number of rotatable bonds is 2. The van der Waals surface area contributed by atoms with Crippen LogP contribution in [0.2, 0.25) is 0 Å². The molecule has 1 aliphatic rings. The maximum Gasteiger partial charge on any atom is 0.232 e. The molecule has 2 aromatic heterocycles. The zero-order chi connectivity index (χ0) is 12.9. The van der Waals surface area contributed by atoms with Gasteiger partial charge in [0.25, 0.3) is 0 Å². The topological polar surface area (TPSA) is 75.8 Å². The van der Waals surface area contributed by atoms with Crippen molar-refractivity contribution in [1.29, 1.82) is 5.26 Å². The van der Waals surface area contributed by atoms with Crippen molar-refractivity contribution in [3.63, 3.8) is 0 Å². The molecule has 0 aromatic carbocycles. The van der Waals surface area contributed by atoms with Crippen LogP contribution in [0.1, 0.15) is 31.4 Å². The number of aromatic nitrogens is 2. The van der Waals surface area contributed by atoms with Gasteiger partial charge in [-0.2, -0.15) is 10.2 Å². The van der Waals surface area contributed by atoms with Crippen molar-refractivity contribution in [2.75, 3.05) is 0 Å². The lowest BCUT2D eigenvalue weighted by atomic mass is 10.1. The molecule has 2 atom stereocenters. The van der Waals surface area contributed by atoms with Crippen molar-refractivity contribution in [2.45, 2.75) is 26.7 Å². The maximum absolute atomic E-state index is 9.05. The van der Waals surface area contributed by atoms with Crippen LogP contribution in [0.15, 0.2) is 21.3 Å². The minimum absolute atomic E-state index is 0.0379. The number of hydrogen-bond acceptors (Lipinski definition) is 5. The lowest BCUT2D eigenvalue weighted by Gasteiger charge is -1.95. The Bertz CT molecular complexity index is 633. The Labute approximate surface area is 104 Å². The molecule has 92 valence electrons. The quantitative estimate of drug-likeness (QED) is 0.810. The number of hydrogen-bond donors (Lipinski definition) is 0. The number of aryl methyl sites for hydroxylation is 1. The predicted octanol–water partition coefficient (Wildman–Crippen LogP) is 2.90. The van der Waals surface area contributed by atoms with Gasteiger partial charge in [0.05, 0.1) is 29.7 Å². The van der Waals surface area contributed by atoms with Gasteiger partial charge in [0.15, 0.2) is 0 Å². The molecule has 0 radical (unpaired) electrons. The van der Waals surface area contributed by atoms with Gasteiger partial charge in [-0.1, -0.05) is 19.0 Å². The van der Waals surface area contributed by atoms with Gasteiger partial charge in [-0.15, -0.1) is 0 Å². The Balaban J connectivity index is 1.93. The molecule has 1 aliphatic carbocycles. The third-order valence-electron chi connectivity index (χ3n) is 3.77. The fourth-order valence-corrected chi connectivity index (χ4v) is 2.43. The fraction of sp³-hybridized carbons (Fsp3) is 0.462. The number of nitriles is 1. The van der Waals surface area contributed by atoms with Gasteiger partial charge in [0, 0.05) is 0 Å². The molecule has 0 bridgehead atoms. The van der Waals surface area contributed by atoms with Gasteiger partial charge in [0.2, 0.25) is 11.7 Å².